The maximum atomic E-state index is 13.7. The molecule has 4 rings (SSSR count). The Kier molecular flexibility index (Phi) is 10.9. The quantitative estimate of drug-likeness (QED) is 0.269. The van der Waals surface area contributed by atoms with Crippen molar-refractivity contribution in [1.29, 1.82) is 10.8 Å². The molecular weight excluding hydrogens is 564 g/mol. The fourth-order valence-corrected chi connectivity index (χ4v) is 5.68. The monoisotopic (exact) mass is 602 g/mol. The van der Waals surface area contributed by atoms with Crippen LogP contribution in [0, 0.1) is 28.7 Å². The van der Waals surface area contributed by atoms with Crippen LogP contribution >= 0.6 is 0 Å². The van der Waals surface area contributed by atoms with E-state index < -0.39 is 17.9 Å². The van der Waals surface area contributed by atoms with Crippen molar-refractivity contribution in [2.45, 2.75) is 38.3 Å². The van der Waals surface area contributed by atoms with Crippen molar-refractivity contribution < 1.29 is 23.9 Å². The van der Waals surface area contributed by atoms with Crippen LogP contribution < -0.4 is 20.7 Å². The fraction of sp³-hybridized carbons (Fsp3) is 0.452. The summed E-state index contributed by atoms with van der Waals surface area (Å²) < 4.78 is 5.25. The summed E-state index contributed by atoms with van der Waals surface area (Å²) in [5.41, 5.74) is 10.3. The van der Waals surface area contributed by atoms with Gasteiger partial charge in [0.2, 0.25) is 23.6 Å². The first-order valence-electron chi connectivity index (χ1n) is 14.6. The SMILES string of the molecule is CNc1ccc(CNC(=O)[C@@H]2C[C@@H](Cc3ccc(OC)cc3)CN2C(=O)[C@H](C#N)CCC(=O)N2CCNC(=O)C2)cc1N=N. The normalized spacial score (nSPS) is 18.5. The van der Waals surface area contributed by atoms with Crippen LogP contribution in [-0.2, 0) is 32.1 Å². The molecule has 2 heterocycles. The number of benzene rings is 2. The smallest absolute Gasteiger partial charge is 0.243 e. The highest BCUT2D eigenvalue weighted by atomic mass is 16.5. The zero-order chi connectivity index (χ0) is 31.6. The molecule has 0 radical (unpaired) electrons. The maximum absolute atomic E-state index is 13.7. The van der Waals surface area contributed by atoms with Crippen molar-refractivity contribution in [2.75, 3.05) is 45.7 Å². The second-order valence-corrected chi connectivity index (χ2v) is 11.0. The van der Waals surface area contributed by atoms with Gasteiger partial charge < -0.3 is 30.5 Å². The Balaban J connectivity index is 1.46. The first-order valence-corrected chi connectivity index (χ1v) is 14.6. The van der Waals surface area contributed by atoms with E-state index in [1.807, 2.05) is 36.4 Å². The summed E-state index contributed by atoms with van der Waals surface area (Å²) >= 11 is 0. The Bertz CT molecular complexity index is 1420. The van der Waals surface area contributed by atoms with E-state index in [0.29, 0.717) is 43.9 Å². The maximum Gasteiger partial charge on any atom is 0.243 e. The van der Waals surface area contributed by atoms with Crippen LogP contribution in [0.4, 0.5) is 11.4 Å². The van der Waals surface area contributed by atoms with Crippen molar-refractivity contribution in [2.24, 2.45) is 17.0 Å². The number of rotatable bonds is 12. The van der Waals surface area contributed by atoms with Crippen LogP contribution in [0.1, 0.15) is 30.4 Å². The zero-order valence-electron chi connectivity index (χ0n) is 25.0. The van der Waals surface area contributed by atoms with Crippen LogP contribution in [0.15, 0.2) is 47.6 Å². The third kappa shape index (κ3) is 7.89. The molecule has 0 aromatic heterocycles. The van der Waals surface area contributed by atoms with Crippen LogP contribution in [0.2, 0.25) is 0 Å². The Labute approximate surface area is 256 Å². The Morgan fingerprint density at radius 3 is 2.61 bits per heavy atom. The molecule has 2 aliphatic rings. The van der Waals surface area contributed by atoms with Crippen molar-refractivity contribution >= 4 is 35.0 Å². The molecule has 4 N–H and O–H groups in total. The van der Waals surface area contributed by atoms with E-state index in [1.165, 1.54) is 9.80 Å². The van der Waals surface area contributed by atoms with E-state index >= 15 is 0 Å². The second-order valence-electron chi connectivity index (χ2n) is 11.0. The van der Waals surface area contributed by atoms with Gasteiger partial charge in [0.1, 0.15) is 23.4 Å². The number of hydrogen-bond acceptors (Lipinski definition) is 9. The van der Waals surface area contributed by atoms with Crippen LogP contribution in [0.3, 0.4) is 0 Å². The van der Waals surface area contributed by atoms with Gasteiger partial charge in [-0.05, 0) is 60.6 Å². The molecule has 2 fully saturated rings. The van der Waals surface area contributed by atoms with Crippen molar-refractivity contribution in [1.82, 2.24) is 20.4 Å². The highest BCUT2D eigenvalue weighted by Gasteiger charge is 2.41. The first-order chi connectivity index (χ1) is 21.3. The number of likely N-dealkylation sites (tertiary alicyclic amines) is 1. The predicted molar refractivity (Wildman–Crippen MR) is 161 cm³/mol. The van der Waals surface area contributed by atoms with Gasteiger partial charge in [-0.2, -0.15) is 10.4 Å². The van der Waals surface area contributed by atoms with Gasteiger partial charge in [-0.25, -0.2) is 5.53 Å². The minimum Gasteiger partial charge on any atom is -0.497 e. The highest BCUT2D eigenvalue weighted by molar-refractivity contribution is 5.91. The minimum absolute atomic E-state index is 0.00249. The van der Waals surface area contributed by atoms with E-state index in [4.69, 9.17) is 10.3 Å². The summed E-state index contributed by atoms with van der Waals surface area (Å²) in [6.45, 7) is 1.17. The molecule has 0 bridgehead atoms. The number of nitrogens with one attached hydrogen (secondary N) is 4. The molecule has 44 heavy (non-hydrogen) atoms. The number of carbonyl (C=O) groups excluding carboxylic acids is 4. The topological polar surface area (TPSA) is 180 Å². The lowest BCUT2D eigenvalue weighted by Gasteiger charge is -2.28. The van der Waals surface area contributed by atoms with Gasteiger partial charge in [-0.15, -0.1) is 0 Å². The number of methoxy groups -OCH3 is 1. The van der Waals surface area contributed by atoms with E-state index in [0.717, 1.165) is 16.9 Å². The van der Waals surface area contributed by atoms with Gasteiger partial charge in [0.15, 0.2) is 0 Å². The fourth-order valence-electron chi connectivity index (χ4n) is 5.68. The summed E-state index contributed by atoms with van der Waals surface area (Å²) in [7, 11) is 3.33. The molecule has 13 nitrogen and oxygen atoms in total. The molecule has 2 saturated heterocycles. The van der Waals surface area contributed by atoms with Crippen molar-refractivity contribution in [3.8, 4) is 11.8 Å². The number of ether oxygens (including phenoxy) is 1. The zero-order valence-corrected chi connectivity index (χ0v) is 25.0. The number of nitrogens with zero attached hydrogens (tertiary/aromatic N) is 4. The largest absolute Gasteiger partial charge is 0.497 e. The number of nitriles is 1. The number of anilines is 1. The van der Waals surface area contributed by atoms with Crippen molar-refractivity contribution in [3.63, 3.8) is 0 Å². The minimum atomic E-state index is -1.11. The predicted octanol–water partition coefficient (Wildman–Crippen LogP) is 2.35. The molecule has 2 aromatic rings. The number of carbonyl (C=O) groups is 4. The molecule has 0 spiro atoms. The third-order valence-corrected chi connectivity index (χ3v) is 8.07. The molecule has 2 aliphatic heterocycles. The van der Waals surface area contributed by atoms with Gasteiger partial charge in [0, 0.05) is 39.6 Å². The number of hydrogen-bond donors (Lipinski definition) is 4. The van der Waals surface area contributed by atoms with Gasteiger partial charge in [-0.1, -0.05) is 18.2 Å². The van der Waals surface area contributed by atoms with E-state index in [-0.39, 0.29) is 49.6 Å². The van der Waals surface area contributed by atoms with Gasteiger partial charge >= 0.3 is 0 Å². The molecule has 13 heteroatoms. The van der Waals surface area contributed by atoms with Crippen LogP contribution in [0.5, 0.6) is 5.75 Å². The summed E-state index contributed by atoms with van der Waals surface area (Å²) in [5, 5.41) is 22.0. The molecule has 3 atom stereocenters. The Morgan fingerprint density at radius 2 is 1.95 bits per heavy atom. The van der Waals surface area contributed by atoms with E-state index in [1.54, 1.807) is 26.3 Å². The molecule has 2 aromatic carbocycles. The molecule has 0 saturated carbocycles. The third-order valence-electron chi connectivity index (χ3n) is 8.07. The Morgan fingerprint density at radius 1 is 1.20 bits per heavy atom. The lowest BCUT2D eigenvalue weighted by Crippen LogP contribution is -2.50. The number of amides is 4. The second kappa shape index (κ2) is 15.0. The molecule has 232 valence electrons. The Hall–Kier alpha value is -4.99. The van der Waals surface area contributed by atoms with Gasteiger partial charge in [0.05, 0.1) is 25.4 Å². The molecular formula is C31H38N8O5. The highest BCUT2D eigenvalue weighted by Crippen LogP contribution is 2.30. The van der Waals surface area contributed by atoms with Gasteiger partial charge in [0.25, 0.3) is 0 Å². The summed E-state index contributed by atoms with van der Waals surface area (Å²) in [4.78, 5) is 54.5. The average Bonchev–Trinajstić information content (AvgIpc) is 3.47. The summed E-state index contributed by atoms with van der Waals surface area (Å²) in [5.74, 6) is -1.76. The standard InChI is InChI=1S/C31H38N8O5/c1-34-25-9-5-21(14-26(25)37-33)17-36-30(42)27-15-22(13-20-3-7-24(44-2)8-4-20)18-39(27)31(43)23(16-32)6-10-29(41)38-12-11-35-28(40)19-38/h3-5,7-9,14,22-23,27,33-34H,6,10-13,15,17-19H2,1-2H3,(H,35,40)(H,36,42)/t22-,23+,27+/m1/s1. The average molecular weight is 603 g/mol. The molecule has 0 aliphatic carbocycles. The van der Waals surface area contributed by atoms with Crippen LogP contribution in [-0.4, -0.2) is 79.8 Å². The van der Waals surface area contributed by atoms with Gasteiger partial charge in [-0.3, -0.25) is 19.2 Å². The summed E-state index contributed by atoms with van der Waals surface area (Å²) in [6.07, 6.45) is 0.987. The first kappa shape index (κ1) is 31.9. The van der Waals surface area contributed by atoms with Crippen molar-refractivity contribution in [3.05, 3.63) is 53.6 Å². The van der Waals surface area contributed by atoms with Crippen LogP contribution in [0.25, 0.3) is 0 Å². The lowest BCUT2D eigenvalue weighted by molar-refractivity contribution is -0.141. The lowest BCUT2D eigenvalue weighted by atomic mass is 9.96. The molecule has 4 amide bonds. The number of piperazine rings is 1. The molecule has 0 unspecified atom stereocenters. The van der Waals surface area contributed by atoms with E-state index in [2.05, 4.69) is 21.1 Å². The summed E-state index contributed by atoms with van der Waals surface area (Å²) in [6, 6.07) is 14.2. The van der Waals surface area contributed by atoms with E-state index in [9.17, 15) is 24.4 Å².